The van der Waals surface area contributed by atoms with Crippen molar-refractivity contribution in [3.8, 4) is 0 Å². The molecule has 1 aliphatic heterocycles. The molecule has 4 nitrogen and oxygen atoms in total. The fraction of sp³-hybridized carbons (Fsp3) is 0.923. The zero-order valence-electron chi connectivity index (χ0n) is 10.6. The first kappa shape index (κ1) is 12.8. The van der Waals surface area contributed by atoms with E-state index in [1.807, 2.05) is 0 Å². The van der Waals surface area contributed by atoms with Crippen molar-refractivity contribution in [2.24, 2.45) is 5.92 Å². The Labute approximate surface area is 103 Å². The van der Waals surface area contributed by atoms with Gasteiger partial charge in [0, 0.05) is 13.2 Å². The largest absolute Gasteiger partial charge is 0.480 e. The van der Waals surface area contributed by atoms with Crippen molar-refractivity contribution in [3.63, 3.8) is 0 Å². The van der Waals surface area contributed by atoms with E-state index in [0.29, 0.717) is 12.5 Å². The number of ether oxygens (including phenoxy) is 1. The molecular weight excluding hydrogens is 218 g/mol. The smallest absolute Gasteiger partial charge is 0.323 e. The summed E-state index contributed by atoms with van der Waals surface area (Å²) >= 11 is 0. The second-order valence-corrected chi connectivity index (χ2v) is 5.60. The van der Waals surface area contributed by atoms with Gasteiger partial charge < -0.3 is 9.84 Å². The average molecular weight is 241 g/mol. The van der Waals surface area contributed by atoms with Gasteiger partial charge in [-0.05, 0) is 31.6 Å². The molecule has 2 rings (SSSR count). The van der Waals surface area contributed by atoms with Gasteiger partial charge in [-0.2, -0.15) is 0 Å². The lowest BCUT2D eigenvalue weighted by atomic mass is 9.76. The Hall–Kier alpha value is -0.610. The van der Waals surface area contributed by atoms with Gasteiger partial charge in [0.15, 0.2) is 0 Å². The molecule has 1 heterocycles. The second kappa shape index (κ2) is 5.36. The summed E-state index contributed by atoms with van der Waals surface area (Å²) in [5.74, 6) is -0.195. The first-order valence-corrected chi connectivity index (χ1v) is 6.72. The summed E-state index contributed by atoms with van der Waals surface area (Å²) in [5, 5.41) is 12.8. The summed E-state index contributed by atoms with van der Waals surface area (Å²) in [6.45, 7) is 3.65. The van der Waals surface area contributed by atoms with Crippen molar-refractivity contribution in [2.45, 2.75) is 57.1 Å². The van der Waals surface area contributed by atoms with E-state index in [1.165, 1.54) is 0 Å². The molecule has 2 aliphatic rings. The standard InChI is InChI=1S/C13H23NO3/c1-10-4-2-6-13(8-10,12(15)16)14-9-11-5-3-7-17-11/h10-11,14H,2-9H2,1H3,(H,15,16). The molecule has 0 spiro atoms. The summed E-state index contributed by atoms with van der Waals surface area (Å²) in [7, 11) is 0. The van der Waals surface area contributed by atoms with Crippen LogP contribution in [0, 0.1) is 5.92 Å². The quantitative estimate of drug-likeness (QED) is 0.788. The van der Waals surface area contributed by atoms with Crippen molar-refractivity contribution >= 4 is 5.97 Å². The molecule has 0 aromatic carbocycles. The number of hydrogen-bond acceptors (Lipinski definition) is 3. The fourth-order valence-corrected chi connectivity index (χ4v) is 3.10. The van der Waals surface area contributed by atoms with Crippen LogP contribution in [0.25, 0.3) is 0 Å². The first-order chi connectivity index (χ1) is 8.12. The van der Waals surface area contributed by atoms with E-state index in [-0.39, 0.29) is 6.10 Å². The highest BCUT2D eigenvalue weighted by molar-refractivity contribution is 5.79. The Morgan fingerprint density at radius 2 is 2.29 bits per heavy atom. The Bertz CT molecular complexity index is 276. The highest BCUT2D eigenvalue weighted by atomic mass is 16.5. The van der Waals surface area contributed by atoms with Crippen LogP contribution in [0.15, 0.2) is 0 Å². The van der Waals surface area contributed by atoms with Gasteiger partial charge in [-0.3, -0.25) is 10.1 Å². The third-order valence-corrected chi connectivity index (χ3v) is 4.10. The number of hydrogen-bond donors (Lipinski definition) is 2. The Morgan fingerprint density at radius 1 is 1.47 bits per heavy atom. The lowest BCUT2D eigenvalue weighted by Gasteiger charge is -2.37. The van der Waals surface area contributed by atoms with Crippen LogP contribution >= 0.6 is 0 Å². The number of nitrogens with one attached hydrogen (secondary N) is 1. The summed E-state index contributed by atoms with van der Waals surface area (Å²) in [6, 6.07) is 0. The summed E-state index contributed by atoms with van der Waals surface area (Å²) in [4.78, 5) is 11.5. The third-order valence-electron chi connectivity index (χ3n) is 4.10. The highest BCUT2D eigenvalue weighted by Gasteiger charge is 2.41. The third kappa shape index (κ3) is 2.99. The fourth-order valence-electron chi connectivity index (χ4n) is 3.10. The van der Waals surface area contributed by atoms with Crippen molar-refractivity contribution < 1.29 is 14.6 Å². The predicted molar refractivity (Wildman–Crippen MR) is 65.0 cm³/mol. The average Bonchev–Trinajstić information content (AvgIpc) is 2.79. The van der Waals surface area contributed by atoms with Crippen LogP contribution < -0.4 is 5.32 Å². The number of carboxylic acids is 1. The van der Waals surface area contributed by atoms with Gasteiger partial charge in [-0.25, -0.2) is 0 Å². The number of aliphatic carboxylic acids is 1. The van der Waals surface area contributed by atoms with E-state index in [1.54, 1.807) is 0 Å². The molecule has 0 aromatic heterocycles. The molecule has 0 bridgehead atoms. The van der Waals surface area contributed by atoms with Crippen LogP contribution in [-0.4, -0.2) is 35.9 Å². The molecular formula is C13H23NO3. The first-order valence-electron chi connectivity index (χ1n) is 6.72. The molecule has 0 radical (unpaired) electrons. The second-order valence-electron chi connectivity index (χ2n) is 5.60. The molecule has 1 saturated carbocycles. The zero-order valence-corrected chi connectivity index (χ0v) is 10.6. The lowest BCUT2D eigenvalue weighted by Crippen LogP contribution is -2.56. The molecule has 1 saturated heterocycles. The van der Waals surface area contributed by atoms with Crippen molar-refractivity contribution in [2.75, 3.05) is 13.2 Å². The molecule has 2 N–H and O–H groups in total. The zero-order chi connectivity index (χ0) is 12.3. The summed E-state index contributed by atoms with van der Waals surface area (Å²) in [5.41, 5.74) is -0.705. The number of rotatable bonds is 4. The van der Waals surface area contributed by atoms with Gasteiger partial charge in [0.25, 0.3) is 0 Å². The summed E-state index contributed by atoms with van der Waals surface area (Å²) < 4.78 is 5.54. The van der Waals surface area contributed by atoms with Crippen LogP contribution in [0.2, 0.25) is 0 Å². The Kier molecular flexibility index (Phi) is 4.05. The molecule has 2 fully saturated rings. The van der Waals surface area contributed by atoms with E-state index in [0.717, 1.165) is 45.1 Å². The highest BCUT2D eigenvalue weighted by Crippen LogP contribution is 2.32. The minimum atomic E-state index is -0.705. The van der Waals surface area contributed by atoms with Crippen molar-refractivity contribution in [3.05, 3.63) is 0 Å². The van der Waals surface area contributed by atoms with Gasteiger partial charge in [-0.15, -0.1) is 0 Å². The normalized spacial score (nSPS) is 38.2. The van der Waals surface area contributed by atoms with E-state index < -0.39 is 11.5 Å². The van der Waals surface area contributed by atoms with E-state index >= 15 is 0 Å². The van der Waals surface area contributed by atoms with Crippen LogP contribution in [0.1, 0.15) is 45.4 Å². The number of carboxylic acid groups (broad SMARTS) is 1. The van der Waals surface area contributed by atoms with Crippen LogP contribution in [-0.2, 0) is 9.53 Å². The van der Waals surface area contributed by atoms with Gasteiger partial charge in [0.05, 0.1) is 6.10 Å². The molecule has 98 valence electrons. The predicted octanol–water partition coefficient (Wildman–Crippen LogP) is 1.79. The maximum atomic E-state index is 11.5. The summed E-state index contributed by atoms with van der Waals surface area (Å²) in [6.07, 6.45) is 6.02. The van der Waals surface area contributed by atoms with E-state index in [2.05, 4.69) is 12.2 Å². The van der Waals surface area contributed by atoms with Gasteiger partial charge in [-0.1, -0.05) is 19.8 Å². The molecule has 0 aromatic rings. The SMILES string of the molecule is CC1CCCC(NCC2CCCO2)(C(=O)O)C1. The maximum Gasteiger partial charge on any atom is 0.323 e. The van der Waals surface area contributed by atoms with E-state index in [9.17, 15) is 9.90 Å². The van der Waals surface area contributed by atoms with Gasteiger partial charge in [0.2, 0.25) is 0 Å². The molecule has 3 unspecified atom stereocenters. The Balaban J connectivity index is 1.93. The molecule has 17 heavy (non-hydrogen) atoms. The lowest BCUT2D eigenvalue weighted by molar-refractivity contribution is -0.147. The van der Waals surface area contributed by atoms with Gasteiger partial charge in [0.1, 0.15) is 5.54 Å². The molecule has 1 aliphatic carbocycles. The van der Waals surface area contributed by atoms with Crippen molar-refractivity contribution in [1.29, 1.82) is 0 Å². The molecule has 3 atom stereocenters. The Morgan fingerprint density at radius 3 is 2.88 bits per heavy atom. The van der Waals surface area contributed by atoms with Crippen LogP contribution in [0.5, 0.6) is 0 Å². The molecule has 4 heteroatoms. The minimum Gasteiger partial charge on any atom is -0.480 e. The van der Waals surface area contributed by atoms with Gasteiger partial charge >= 0.3 is 5.97 Å². The number of carbonyl (C=O) groups is 1. The van der Waals surface area contributed by atoms with Crippen LogP contribution in [0.3, 0.4) is 0 Å². The minimum absolute atomic E-state index is 0.212. The van der Waals surface area contributed by atoms with E-state index in [4.69, 9.17) is 4.74 Å². The monoisotopic (exact) mass is 241 g/mol. The van der Waals surface area contributed by atoms with Crippen molar-refractivity contribution in [1.82, 2.24) is 5.32 Å². The van der Waals surface area contributed by atoms with Crippen LogP contribution in [0.4, 0.5) is 0 Å². The maximum absolute atomic E-state index is 11.5. The molecule has 0 amide bonds. The topological polar surface area (TPSA) is 58.6 Å².